The standard InChI is InChI=1S/C16H15N9O/c1-10(26)20-13-8-11(17-9-18-13)15-16(21-12-5-7-24(2)23-12)22-14-4-3-6-19-25(14)15/h3-9H,1-2H3,(H,21,23)(H,17,18,20,26). The molecule has 1 amide bonds. The van der Waals surface area contributed by atoms with Crippen molar-refractivity contribution in [3.63, 3.8) is 0 Å². The molecule has 130 valence electrons. The highest BCUT2D eigenvalue weighted by atomic mass is 16.1. The number of aryl methyl sites for hydroxylation is 1. The topological polar surface area (TPSA) is 115 Å². The number of carbonyl (C=O) groups excluding carboxylic acids is 1. The number of hydrogen-bond acceptors (Lipinski definition) is 7. The molecular weight excluding hydrogens is 334 g/mol. The van der Waals surface area contributed by atoms with Gasteiger partial charge in [-0.25, -0.2) is 19.5 Å². The summed E-state index contributed by atoms with van der Waals surface area (Å²) in [5, 5.41) is 14.5. The molecule has 0 saturated heterocycles. The Morgan fingerprint density at radius 3 is 2.85 bits per heavy atom. The number of nitrogens with zero attached hydrogens (tertiary/aromatic N) is 7. The quantitative estimate of drug-likeness (QED) is 0.575. The molecule has 0 aliphatic rings. The van der Waals surface area contributed by atoms with Crippen LogP contribution in [0.4, 0.5) is 17.5 Å². The van der Waals surface area contributed by atoms with Crippen molar-refractivity contribution in [2.24, 2.45) is 7.05 Å². The second-order valence-electron chi connectivity index (χ2n) is 5.57. The van der Waals surface area contributed by atoms with E-state index in [0.29, 0.717) is 34.5 Å². The van der Waals surface area contributed by atoms with Crippen LogP contribution in [0.5, 0.6) is 0 Å². The van der Waals surface area contributed by atoms with E-state index in [0.717, 1.165) is 0 Å². The van der Waals surface area contributed by atoms with Crippen LogP contribution < -0.4 is 10.6 Å². The van der Waals surface area contributed by atoms with E-state index in [-0.39, 0.29) is 5.91 Å². The maximum absolute atomic E-state index is 11.3. The van der Waals surface area contributed by atoms with Gasteiger partial charge < -0.3 is 10.6 Å². The lowest BCUT2D eigenvalue weighted by molar-refractivity contribution is -0.114. The van der Waals surface area contributed by atoms with E-state index in [4.69, 9.17) is 0 Å². The Hall–Kier alpha value is -3.82. The molecule has 4 heterocycles. The number of anilines is 3. The molecule has 0 fully saturated rings. The molecule has 4 aromatic rings. The fraction of sp³-hybridized carbons (Fsp3) is 0.125. The SMILES string of the molecule is CC(=O)Nc1cc(-c2c(Nc3ccn(C)n3)nc3cccnn23)ncn1. The molecule has 10 nitrogen and oxygen atoms in total. The molecule has 0 radical (unpaired) electrons. The summed E-state index contributed by atoms with van der Waals surface area (Å²) in [6, 6.07) is 7.16. The van der Waals surface area contributed by atoms with Gasteiger partial charge in [0.1, 0.15) is 17.8 Å². The fourth-order valence-electron chi connectivity index (χ4n) is 2.54. The second kappa shape index (κ2) is 6.24. The number of carbonyl (C=O) groups is 1. The minimum atomic E-state index is -0.210. The first-order valence-corrected chi connectivity index (χ1v) is 7.80. The summed E-state index contributed by atoms with van der Waals surface area (Å²) in [6.07, 6.45) is 4.88. The van der Waals surface area contributed by atoms with Crippen LogP contribution in [-0.2, 0) is 11.8 Å². The van der Waals surface area contributed by atoms with Gasteiger partial charge in [-0.15, -0.1) is 0 Å². The number of rotatable bonds is 4. The third-order valence-corrected chi connectivity index (χ3v) is 3.57. The first-order chi connectivity index (χ1) is 12.6. The van der Waals surface area contributed by atoms with E-state index in [9.17, 15) is 4.79 Å². The number of amides is 1. The third-order valence-electron chi connectivity index (χ3n) is 3.57. The van der Waals surface area contributed by atoms with Gasteiger partial charge in [0.05, 0.1) is 5.69 Å². The number of aromatic nitrogens is 7. The van der Waals surface area contributed by atoms with Crippen LogP contribution in [0.1, 0.15) is 6.92 Å². The highest BCUT2D eigenvalue weighted by Crippen LogP contribution is 2.29. The summed E-state index contributed by atoms with van der Waals surface area (Å²) in [4.78, 5) is 24.3. The summed E-state index contributed by atoms with van der Waals surface area (Å²) < 4.78 is 3.36. The van der Waals surface area contributed by atoms with Gasteiger partial charge >= 0.3 is 0 Å². The molecule has 26 heavy (non-hydrogen) atoms. The molecule has 0 bridgehead atoms. The molecule has 0 atom stereocenters. The van der Waals surface area contributed by atoms with Crippen LogP contribution in [0.2, 0.25) is 0 Å². The Labute approximate surface area is 147 Å². The van der Waals surface area contributed by atoms with Gasteiger partial charge in [0.15, 0.2) is 17.3 Å². The molecule has 10 heteroatoms. The van der Waals surface area contributed by atoms with Gasteiger partial charge in [-0.05, 0) is 12.1 Å². The summed E-state index contributed by atoms with van der Waals surface area (Å²) in [7, 11) is 1.83. The van der Waals surface area contributed by atoms with Crippen LogP contribution >= 0.6 is 0 Å². The first-order valence-electron chi connectivity index (χ1n) is 7.80. The lowest BCUT2D eigenvalue weighted by Gasteiger charge is -2.06. The minimum absolute atomic E-state index is 0.210. The van der Waals surface area contributed by atoms with Crippen molar-refractivity contribution in [3.05, 3.63) is 43.0 Å². The first kappa shape index (κ1) is 15.7. The average Bonchev–Trinajstić information content (AvgIpc) is 3.17. The Morgan fingerprint density at radius 2 is 2.08 bits per heavy atom. The third kappa shape index (κ3) is 2.95. The second-order valence-corrected chi connectivity index (χ2v) is 5.57. The average molecular weight is 349 g/mol. The number of nitrogens with one attached hydrogen (secondary N) is 2. The molecule has 0 unspecified atom stereocenters. The van der Waals surface area contributed by atoms with Crippen LogP contribution in [-0.4, -0.2) is 40.3 Å². The van der Waals surface area contributed by atoms with E-state index in [1.165, 1.54) is 13.3 Å². The molecule has 0 aromatic carbocycles. The normalized spacial score (nSPS) is 10.8. The Bertz CT molecular complexity index is 1100. The monoisotopic (exact) mass is 349 g/mol. The molecule has 0 spiro atoms. The van der Waals surface area contributed by atoms with Crippen molar-refractivity contribution in [1.82, 2.24) is 34.3 Å². The minimum Gasteiger partial charge on any atom is -0.322 e. The summed E-state index contributed by atoms with van der Waals surface area (Å²) in [5.41, 5.74) is 1.86. The predicted octanol–water partition coefficient (Wildman–Crippen LogP) is 1.62. The van der Waals surface area contributed by atoms with Crippen molar-refractivity contribution in [1.29, 1.82) is 0 Å². The Balaban J connectivity index is 1.85. The van der Waals surface area contributed by atoms with Crippen LogP contribution in [0, 0.1) is 0 Å². The van der Waals surface area contributed by atoms with Gasteiger partial charge in [0.2, 0.25) is 5.91 Å². The molecule has 2 N–H and O–H groups in total. The van der Waals surface area contributed by atoms with E-state index in [2.05, 4.69) is 35.8 Å². The molecule has 0 aliphatic carbocycles. The predicted molar refractivity (Wildman–Crippen MR) is 94.8 cm³/mol. The Morgan fingerprint density at radius 1 is 1.19 bits per heavy atom. The lowest BCUT2D eigenvalue weighted by Crippen LogP contribution is -2.08. The summed E-state index contributed by atoms with van der Waals surface area (Å²) >= 11 is 0. The zero-order valence-electron chi connectivity index (χ0n) is 14.1. The van der Waals surface area contributed by atoms with Crippen molar-refractivity contribution in [3.8, 4) is 11.4 Å². The fourth-order valence-corrected chi connectivity index (χ4v) is 2.54. The maximum Gasteiger partial charge on any atom is 0.222 e. The van der Waals surface area contributed by atoms with Crippen LogP contribution in [0.25, 0.3) is 17.0 Å². The number of fused-ring (bicyclic) bond motifs is 1. The molecular formula is C16H15N9O. The highest BCUT2D eigenvalue weighted by Gasteiger charge is 2.18. The summed E-state index contributed by atoms with van der Waals surface area (Å²) in [6.45, 7) is 1.42. The van der Waals surface area contributed by atoms with Crippen LogP contribution in [0.15, 0.2) is 43.0 Å². The zero-order valence-corrected chi connectivity index (χ0v) is 14.1. The van der Waals surface area contributed by atoms with Gasteiger partial charge in [-0.3, -0.25) is 9.48 Å². The number of hydrogen-bond donors (Lipinski definition) is 2. The lowest BCUT2D eigenvalue weighted by atomic mass is 10.3. The van der Waals surface area contributed by atoms with E-state index < -0.39 is 0 Å². The maximum atomic E-state index is 11.3. The molecule has 0 saturated carbocycles. The van der Waals surface area contributed by atoms with E-state index in [1.54, 1.807) is 27.5 Å². The van der Waals surface area contributed by atoms with Crippen molar-refractivity contribution < 1.29 is 4.79 Å². The highest BCUT2D eigenvalue weighted by molar-refractivity contribution is 5.88. The largest absolute Gasteiger partial charge is 0.322 e. The summed E-state index contributed by atoms with van der Waals surface area (Å²) in [5.74, 6) is 1.39. The van der Waals surface area contributed by atoms with Crippen LogP contribution in [0.3, 0.4) is 0 Å². The Kier molecular flexibility index (Phi) is 3.77. The molecule has 0 aliphatic heterocycles. The smallest absolute Gasteiger partial charge is 0.222 e. The zero-order chi connectivity index (χ0) is 18.1. The van der Waals surface area contributed by atoms with E-state index in [1.807, 2.05) is 25.4 Å². The number of imidazole rings is 1. The van der Waals surface area contributed by atoms with Crippen molar-refractivity contribution in [2.75, 3.05) is 10.6 Å². The molecule has 4 aromatic heterocycles. The molecule has 4 rings (SSSR count). The van der Waals surface area contributed by atoms with Gasteiger partial charge in [-0.1, -0.05) is 0 Å². The van der Waals surface area contributed by atoms with Crippen molar-refractivity contribution in [2.45, 2.75) is 6.92 Å². The van der Waals surface area contributed by atoms with Gasteiger partial charge in [0.25, 0.3) is 0 Å². The van der Waals surface area contributed by atoms with E-state index >= 15 is 0 Å². The van der Waals surface area contributed by atoms with Crippen molar-refractivity contribution >= 4 is 29.0 Å². The van der Waals surface area contributed by atoms with Gasteiger partial charge in [0, 0.05) is 38.5 Å². The van der Waals surface area contributed by atoms with Gasteiger partial charge in [-0.2, -0.15) is 10.2 Å².